The van der Waals surface area contributed by atoms with Crippen LogP contribution in [0.3, 0.4) is 0 Å². The van der Waals surface area contributed by atoms with Gasteiger partial charge in [0.15, 0.2) is 23.0 Å². The number of fused-ring (bicyclic) bond motifs is 12. The van der Waals surface area contributed by atoms with Gasteiger partial charge in [0.25, 0.3) is 0 Å². The molecule has 6 aromatic rings. The average Bonchev–Trinajstić information content (AvgIpc) is 3.50. The third-order valence-electron chi connectivity index (χ3n) is 8.80. The van der Waals surface area contributed by atoms with Gasteiger partial charge in [0, 0.05) is 5.39 Å². The van der Waals surface area contributed by atoms with Gasteiger partial charge in [-0.2, -0.15) is 0 Å². The molecule has 8 rings (SSSR count). The molecule has 5 heteroatoms. The fourth-order valence-corrected chi connectivity index (χ4v) is 7.34. The van der Waals surface area contributed by atoms with E-state index in [-0.39, 0.29) is 0 Å². The highest BCUT2D eigenvalue weighted by molar-refractivity contribution is 6.16. The van der Waals surface area contributed by atoms with Crippen molar-refractivity contribution in [1.82, 2.24) is 4.57 Å². The van der Waals surface area contributed by atoms with Gasteiger partial charge in [-0.3, -0.25) is 0 Å². The first kappa shape index (κ1) is 23.0. The number of hydrogen-bond acceptors (Lipinski definition) is 4. The molecule has 1 spiro atoms. The molecule has 2 heterocycles. The van der Waals surface area contributed by atoms with E-state index in [4.69, 9.17) is 18.9 Å². The molecule has 196 valence electrons. The van der Waals surface area contributed by atoms with Crippen molar-refractivity contribution in [2.75, 3.05) is 28.4 Å². The molecular weight excluding hydrogens is 498 g/mol. The number of methoxy groups -OCH3 is 4. The highest BCUT2D eigenvalue weighted by Gasteiger charge is 2.51. The second kappa shape index (κ2) is 8.06. The summed E-state index contributed by atoms with van der Waals surface area (Å²) in [5.41, 5.74) is 10.1. The Balaban J connectivity index is 1.64. The average molecular weight is 526 g/mol. The third-order valence-corrected chi connectivity index (χ3v) is 8.80. The summed E-state index contributed by atoms with van der Waals surface area (Å²) in [5, 5.41) is 2.17. The summed E-state index contributed by atoms with van der Waals surface area (Å²) in [6.45, 7) is 0. The molecule has 1 atom stereocenters. The van der Waals surface area contributed by atoms with Crippen LogP contribution in [0.25, 0.3) is 38.6 Å². The molecular formula is C35H27NO4. The lowest BCUT2D eigenvalue weighted by molar-refractivity contribution is 0.354. The number of hydrogen-bond donors (Lipinski definition) is 0. The van der Waals surface area contributed by atoms with Crippen molar-refractivity contribution in [3.63, 3.8) is 0 Å². The first-order valence-corrected chi connectivity index (χ1v) is 13.3. The van der Waals surface area contributed by atoms with Crippen molar-refractivity contribution in [3.8, 4) is 39.8 Å². The maximum Gasteiger partial charge on any atom is 0.170 e. The topological polar surface area (TPSA) is 41.9 Å². The van der Waals surface area contributed by atoms with Crippen LogP contribution in [0.5, 0.6) is 23.0 Å². The van der Waals surface area contributed by atoms with Crippen LogP contribution in [0, 0.1) is 0 Å². The van der Waals surface area contributed by atoms with Crippen LogP contribution < -0.4 is 18.9 Å². The van der Waals surface area contributed by atoms with Crippen molar-refractivity contribution in [3.05, 3.63) is 113 Å². The Morgan fingerprint density at radius 3 is 2.02 bits per heavy atom. The second-order valence-corrected chi connectivity index (χ2v) is 10.3. The van der Waals surface area contributed by atoms with Gasteiger partial charge in [-0.25, -0.2) is 0 Å². The SMILES string of the molecule is COc1cc2c(cc1OC)C1(c3ccccc3-2)c2ccccc2-n2c3ccc(OC)c(OC)c3c3cccc1c32. The molecule has 40 heavy (non-hydrogen) atoms. The van der Waals surface area contributed by atoms with Gasteiger partial charge in [0.2, 0.25) is 0 Å². The lowest BCUT2D eigenvalue weighted by Crippen LogP contribution is -2.33. The molecule has 0 N–H and O–H groups in total. The fourth-order valence-electron chi connectivity index (χ4n) is 7.34. The van der Waals surface area contributed by atoms with Crippen LogP contribution >= 0.6 is 0 Å². The van der Waals surface area contributed by atoms with Crippen molar-refractivity contribution >= 4 is 21.8 Å². The van der Waals surface area contributed by atoms with Gasteiger partial charge in [0.05, 0.1) is 56.0 Å². The van der Waals surface area contributed by atoms with E-state index in [1.165, 1.54) is 33.3 Å². The van der Waals surface area contributed by atoms with Crippen LogP contribution in [-0.4, -0.2) is 33.0 Å². The van der Waals surface area contributed by atoms with Gasteiger partial charge in [0.1, 0.15) is 0 Å². The zero-order valence-corrected chi connectivity index (χ0v) is 22.7. The third kappa shape index (κ3) is 2.53. The fraction of sp³-hybridized carbons (Fsp3) is 0.143. The summed E-state index contributed by atoms with van der Waals surface area (Å²) < 4.78 is 25.7. The smallest absolute Gasteiger partial charge is 0.170 e. The molecule has 0 radical (unpaired) electrons. The summed E-state index contributed by atoms with van der Waals surface area (Å²) in [7, 11) is 6.79. The minimum atomic E-state index is -0.552. The van der Waals surface area contributed by atoms with Crippen LogP contribution in [0.1, 0.15) is 22.3 Å². The van der Waals surface area contributed by atoms with Gasteiger partial charge in [-0.15, -0.1) is 0 Å². The molecule has 1 aliphatic carbocycles. The number of nitrogens with zero attached hydrogens (tertiary/aromatic N) is 1. The van der Waals surface area contributed by atoms with E-state index in [0.717, 1.165) is 50.5 Å². The molecule has 0 saturated carbocycles. The zero-order chi connectivity index (χ0) is 27.2. The summed E-state index contributed by atoms with van der Waals surface area (Å²) >= 11 is 0. The molecule has 1 aromatic heterocycles. The largest absolute Gasteiger partial charge is 0.493 e. The predicted molar refractivity (Wildman–Crippen MR) is 158 cm³/mol. The van der Waals surface area contributed by atoms with Crippen LogP contribution in [0.2, 0.25) is 0 Å². The van der Waals surface area contributed by atoms with E-state index in [2.05, 4.69) is 89.5 Å². The van der Waals surface area contributed by atoms with E-state index < -0.39 is 5.41 Å². The molecule has 0 saturated heterocycles. The van der Waals surface area contributed by atoms with E-state index in [0.29, 0.717) is 0 Å². The standard InChI is InChI=1S/C35H27NO4/c1-37-29-17-16-28-32(34(29)40-4)21-11-9-14-25-33(21)36(28)27-15-8-7-13-24(27)35(25)23-12-6-5-10-20(23)22-18-30(38-2)31(39-3)19-26(22)35/h5-19H,1-4H3. The van der Waals surface area contributed by atoms with Crippen molar-refractivity contribution in [2.24, 2.45) is 0 Å². The minimum Gasteiger partial charge on any atom is -0.493 e. The quantitative estimate of drug-likeness (QED) is 0.239. The maximum absolute atomic E-state index is 5.98. The Morgan fingerprint density at radius 2 is 1.25 bits per heavy atom. The number of benzene rings is 5. The van der Waals surface area contributed by atoms with E-state index >= 15 is 0 Å². The number of rotatable bonds is 4. The molecule has 5 aromatic carbocycles. The Hall–Kier alpha value is -4.90. The molecule has 2 aliphatic rings. The minimum absolute atomic E-state index is 0.552. The molecule has 1 unspecified atom stereocenters. The Kier molecular flexibility index (Phi) is 4.64. The molecule has 0 amide bonds. The van der Waals surface area contributed by atoms with Crippen LogP contribution in [-0.2, 0) is 5.41 Å². The Bertz CT molecular complexity index is 2020. The summed E-state index contributed by atoms with van der Waals surface area (Å²) in [4.78, 5) is 0. The highest BCUT2D eigenvalue weighted by Crippen LogP contribution is 2.62. The molecule has 0 bridgehead atoms. The van der Waals surface area contributed by atoms with Crippen molar-refractivity contribution in [2.45, 2.75) is 5.41 Å². The van der Waals surface area contributed by atoms with Gasteiger partial charge in [-0.1, -0.05) is 60.7 Å². The summed E-state index contributed by atoms with van der Waals surface area (Å²) in [6.07, 6.45) is 0. The zero-order valence-electron chi connectivity index (χ0n) is 22.7. The Labute approximate surface area is 232 Å². The van der Waals surface area contributed by atoms with Crippen LogP contribution in [0.15, 0.2) is 91.0 Å². The molecule has 0 fully saturated rings. The Morgan fingerprint density at radius 1 is 0.550 bits per heavy atom. The monoisotopic (exact) mass is 525 g/mol. The van der Waals surface area contributed by atoms with E-state index in [1.54, 1.807) is 28.4 Å². The number of ether oxygens (including phenoxy) is 4. The summed E-state index contributed by atoms with van der Waals surface area (Å²) in [6, 6.07) is 32.6. The van der Waals surface area contributed by atoms with Gasteiger partial charge < -0.3 is 23.5 Å². The van der Waals surface area contributed by atoms with Gasteiger partial charge >= 0.3 is 0 Å². The lowest BCUT2D eigenvalue weighted by atomic mass is 9.65. The maximum atomic E-state index is 5.98. The van der Waals surface area contributed by atoms with Gasteiger partial charge in [-0.05, 0) is 63.7 Å². The first-order valence-electron chi connectivity index (χ1n) is 13.3. The summed E-state index contributed by atoms with van der Waals surface area (Å²) in [5.74, 6) is 2.90. The molecule has 5 nitrogen and oxygen atoms in total. The predicted octanol–water partition coefficient (Wildman–Crippen LogP) is 7.49. The first-order chi connectivity index (χ1) is 19.7. The normalized spacial score (nSPS) is 16.1. The second-order valence-electron chi connectivity index (χ2n) is 10.3. The molecule has 1 aliphatic heterocycles. The van der Waals surface area contributed by atoms with E-state index in [9.17, 15) is 0 Å². The van der Waals surface area contributed by atoms with E-state index in [1.807, 2.05) is 6.07 Å². The van der Waals surface area contributed by atoms with Crippen molar-refractivity contribution in [1.29, 1.82) is 0 Å². The van der Waals surface area contributed by atoms with Crippen molar-refractivity contribution < 1.29 is 18.9 Å². The highest BCUT2D eigenvalue weighted by atomic mass is 16.5. The lowest BCUT2D eigenvalue weighted by Gasteiger charge is -2.39. The number of aromatic nitrogens is 1. The van der Waals surface area contributed by atoms with Crippen LogP contribution in [0.4, 0.5) is 0 Å². The number of para-hydroxylation sites is 2.